The van der Waals surface area contributed by atoms with E-state index in [9.17, 15) is 4.79 Å². The van der Waals surface area contributed by atoms with Gasteiger partial charge in [-0.2, -0.15) is 15.1 Å². The Kier molecular flexibility index (Phi) is 5.90. The number of aryl methyl sites for hydroxylation is 3. The number of para-hydroxylation sites is 1. The number of amidine groups is 2. The summed E-state index contributed by atoms with van der Waals surface area (Å²) in [5.74, 6) is 0.349. The molecule has 1 N–H and O–H groups in total. The van der Waals surface area contributed by atoms with Crippen LogP contribution >= 0.6 is 11.8 Å². The van der Waals surface area contributed by atoms with Crippen LogP contribution in [0.2, 0.25) is 0 Å². The predicted molar refractivity (Wildman–Crippen MR) is 142 cm³/mol. The minimum atomic E-state index is -0.440. The van der Waals surface area contributed by atoms with Crippen molar-refractivity contribution in [1.29, 1.82) is 5.41 Å². The van der Waals surface area contributed by atoms with E-state index in [4.69, 9.17) is 10.1 Å². The van der Waals surface area contributed by atoms with Gasteiger partial charge >= 0.3 is 0 Å². The third-order valence-corrected chi connectivity index (χ3v) is 6.89. The van der Waals surface area contributed by atoms with Gasteiger partial charge in [0.25, 0.3) is 5.91 Å². The Bertz CT molecular complexity index is 1450. The molecule has 3 aromatic rings. The summed E-state index contributed by atoms with van der Waals surface area (Å²) in [5.41, 5.74) is 6.39. The molecule has 7 nitrogen and oxygen atoms in total. The van der Waals surface area contributed by atoms with Gasteiger partial charge in [-0.25, -0.2) is 0 Å². The summed E-state index contributed by atoms with van der Waals surface area (Å²) < 4.78 is 8.03. The number of carbonyl (C=O) groups excluding carboxylic acids is 1. The maximum Gasteiger partial charge on any atom is 0.283 e. The zero-order chi connectivity index (χ0) is 24.7. The van der Waals surface area contributed by atoms with Crippen LogP contribution in [0.25, 0.3) is 11.8 Å². The maximum absolute atomic E-state index is 12.9. The maximum atomic E-state index is 12.9. The number of aliphatic imine (C=N–C) groups is 1. The molecule has 0 saturated carbocycles. The second-order valence-corrected chi connectivity index (χ2v) is 9.61. The largest absolute Gasteiger partial charge is 0.486 e. The molecular weight excluding hydrogens is 458 g/mol. The number of hydrogen-bond donors (Lipinski definition) is 1. The highest BCUT2D eigenvalue weighted by Gasteiger charge is 2.36. The van der Waals surface area contributed by atoms with Crippen molar-refractivity contribution in [2.75, 3.05) is 6.61 Å². The second-order valence-electron chi connectivity index (χ2n) is 8.57. The van der Waals surface area contributed by atoms with Crippen LogP contribution in [0.1, 0.15) is 28.1 Å². The van der Waals surface area contributed by atoms with Crippen LogP contribution in [-0.2, 0) is 4.79 Å². The van der Waals surface area contributed by atoms with Crippen molar-refractivity contribution < 1.29 is 9.53 Å². The molecule has 0 unspecified atom stereocenters. The summed E-state index contributed by atoms with van der Waals surface area (Å²) in [6, 6.07) is 18.1. The smallest absolute Gasteiger partial charge is 0.283 e. The molecule has 0 spiro atoms. The number of aromatic nitrogens is 1. The Morgan fingerprint density at radius 3 is 2.54 bits per heavy atom. The average molecular weight is 484 g/mol. The van der Waals surface area contributed by atoms with Crippen molar-refractivity contribution in [3.05, 3.63) is 88.2 Å². The SMILES string of the molecule is Cc1ccc(-n2c(C)cc(/C=C3/C(=N)N4N=C(COc5ccccc5C)SC4=NC3=O)c2C)cc1. The number of benzene rings is 2. The number of rotatable bonds is 5. The molecule has 2 aliphatic rings. The van der Waals surface area contributed by atoms with Gasteiger partial charge in [0.15, 0.2) is 5.84 Å². The quantitative estimate of drug-likeness (QED) is 0.492. The minimum Gasteiger partial charge on any atom is -0.486 e. The number of ether oxygens (including phenoxy) is 1. The van der Waals surface area contributed by atoms with Crippen molar-refractivity contribution in [3.8, 4) is 11.4 Å². The molecule has 2 aromatic carbocycles. The van der Waals surface area contributed by atoms with Crippen LogP contribution in [0.5, 0.6) is 5.75 Å². The molecule has 1 aromatic heterocycles. The Hall–Kier alpha value is -3.91. The number of nitrogens with zero attached hydrogens (tertiary/aromatic N) is 4. The number of hydrazone groups is 1. The van der Waals surface area contributed by atoms with E-state index in [1.807, 2.05) is 51.1 Å². The van der Waals surface area contributed by atoms with E-state index in [-0.39, 0.29) is 18.0 Å². The van der Waals surface area contributed by atoms with Crippen LogP contribution in [-0.4, -0.2) is 38.1 Å². The summed E-state index contributed by atoms with van der Waals surface area (Å²) >= 11 is 1.25. The Morgan fingerprint density at radius 1 is 1.06 bits per heavy atom. The second kappa shape index (κ2) is 9.03. The highest BCUT2D eigenvalue weighted by Crippen LogP contribution is 2.30. The fraction of sp³-hybridized carbons (Fsp3) is 0.185. The number of thioether (sulfide) groups is 1. The van der Waals surface area contributed by atoms with E-state index in [0.717, 1.165) is 34.0 Å². The van der Waals surface area contributed by atoms with Crippen molar-refractivity contribution in [3.63, 3.8) is 0 Å². The fourth-order valence-corrected chi connectivity index (χ4v) is 4.93. The zero-order valence-corrected chi connectivity index (χ0v) is 20.8. The van der Waals surface area contributed by atoms with E-state index >= 15 is 0 Å². The molecular formula is C27H25N5O2S. The van der Waals surface area contributed by atoms with Crippen molar-refractivity contribution in [2.24, 2.45) is 10.1 Å². The lowest BCUT2D eigenvalue weighted by molar-refractivity contribution is -0.114. The van der Waals surface area contributed by atoms with Crippen LogP contribution in [0.4, 0.5) is 0 Å². The van der Waals surface area contributed by atoms with Crippen LogP contribution in [0.3, 0.4) is 0 Å². The number of nitrogens with one attached hydrogen (secondary N) is 1. The third kappa shape index (κ3) is 4.33. The first-order valence-corrected chi connectivity index (χ1v) is 12.1. The molecule has 0 saturated heterocycles. The molecule has 0 bridgehead atoms. The average Bonchev–Trinajstić information content (AvgIpc) is 3.36. The number of amides is 1. The summed E-state index contributed by atoms with van der Waals surface area (Å²) in [5, 5.41) is 15.6. The molecule has 0 radical (unpaired) electrons. The van der Waals surface area contributed by atoms with Gasteiger partial charge in [0.05, 0.1) is 5.57 Å². The van der Waals surface area contributed by atoms with Gasteiger partial charge in [0.1, 0.15) is 17.4 Å². The lowest BCUT2D eigenvalue weighted by Gasteiger charge is -2.20. The monoisotopic (exact) mass is 483 g/mol. The first-order chi connectivity index (χ1) is 16.8. The standard InChI is InChI=1S/C27H25N5O2S/c1-16-9-11-21(12-10-16)31-18(3)13-20(19(31)4)14-22-25(28)32-27(29-26(22)33)35-24(30-32)15-34-23-8-6-5-7-17(23)2/h5-14,28H,15H2,1-4H3/b22-14-,28-25?. The van der Waals surface area contributed by atoms with Crippen molar-refractivity contribution >= 4 is 39.8 Å². The summed E-state index contributed by atoms with van der Waals surface area (Å²) in [6.45, 7) is 8.32. The molecule has 2 aliphatic heterocycles. The highest BCUT2D eigenvalue weighted by molar-refractivity contribution is 8.27. The lowest BCUT2D eigenvalue weighted by Crippen LogP contribution is -2.35. The Balaban J connectivity index is 1.40. The molecule has 0 aliphatic carbocycles. The summed E-state index contributed by atoms with van der Waals surface area (Å²) in [4.78, 5) is 17.1. The van der Waals surface area contributed by atoms with E-state index in [0.29, 0.717) is 10.2 Å². The van der Waals surface area contributed by atoms with Gasteiger partial charge in [-0.05, 0) is 80.9 Å². The number of hydrogen-bond acceptors (Lipinski definition) is 5. The van der Waals surface area contributed by atoms with E-state index in [1.54, 1.807) is 6.08 Å². The molecule has 176 valence electrons. The summed E-state index contributed by atoms with van der Waals surface area (Å²) in [6.07, 6.45) is 1.74. The lowest BCUT2D eigenvalue weighted by atomic mass is 10.1. The highest BCUT2D eigenvalue weighted by atomic mass is 32.2. The van der Waals surface area contributed by atoms with Crippen molar-refractivity contribution in [2.45, 2.75) is 27.7 Å². The van der Waals surface area contributed by atoms with Crippen molar-refractivity contribution in [1.82, 2.24) is 9.58 Å². The van der Waals surface area contributed by atoms with Crippen LogP contribution < -0.4 is 4.74 Å². The molecule has 8 heteroatoms. The molecule has 3 heterocycles. The van der Waals surface area contributed by atoms with Gasteiger partial charge in [-0.3, -0.25) is 10.2 Å². The third-order valence-electron chi connectivity index (χ3n) is 6.00. The summed E-state index contributed by atoms with van der Waals surface area (Å²) in [7, 11) is 0. The van der Waals surface area contributed by atoms with Crippen LogP contribution in [0.15, 0.2) is 70.3 Å². The molecule has 35 heavy (non-hydrogen) atoms. The van der Waals surface area contributed by atoms with E-state index in [1.165, 1.54) is 22.3 Å². The fourth-order valence-electron chi connectivity index (χ4n) is 4.13. The first kappa shape index (κ1) is 22.9. The molecule has 5 rings (SSSR count). The van der Waals surface area contributed by atoms with Gasteiger partial charge in [0.2, 0.25) is 5.17 Å². The van der Waals surface area contributed by atoms with Gasteiger partial charge in [-0.15, -0.1) is 0 Å². The normalized spacial score (nSPS) is 16.5. The van der Waals surface area contributed by atoms with Gasteiger partial charge in [-0.1, -0.05) is 35.9 Å². The molecule has 0 atom stereocenters. The van der Waals surface area contributed by atoms with E-state index in [2.05, 4.69) is 45.9 Å². The molecule has 1 amide bonds. The Labute approximate surface area is 208 Å². The van der Waals surface area contributed by atoms with Crippen LogP contribution in [0, 0.1) is 33.1 Å². The number of fused-ring (bicyclic) bond motifs is 1. The predicted octanol–water partition coefficient (Wildman–Crippen LogP) is 5.41. The first-order valence-electron chi connectivity index (χ1n) is 11.3. The zero-order valence-electron chi connectivity index (χ0n) is 20.0. The topological polar surface area (TPSA) is 83.0 Å². The van der Waals surface area contributed by atoms with E-state index < -0.39 is 5.91 Å². The molecule has 0 fully saturated rings. The Morgan fingerprint density at radius 2 is 1.80 bits per heavy atom. The van der Waals surface area contributed by atoms with Gasteiger partial charge < -0.3 is 9.30 Å². The van der Waals surface area contributed by atoms with Gasteiger partial charge in [0, 0.05) is 17.1 Å². The number of carbonyl (C=O) groups is 1. The minimum absolute atomic E-state index is 0.0125.